The van der Waals surface area contributed by atoms with Gasteiger partial charge in [-0.2, -0.15) is 0 Å². The first-order valence-electron chi connectivity index (χ1n) is 7.23. The van der Waals surface area contributed by atoms with Crippen molar-refractivity contribution in [2.45, 2.75) is 52.0 Å². The van der Waals surface area contributed by atoms with E-state index in [-0.39, 0.29) is 5.54 Å². The van der Waals surface area contributed by atoms with Crippen molar-refractivity contribution in [3.63, 3.8) is 0 Å². The third-order valence-electron chi connectivity index (χ3n) is 4.65. The third kappa shape index (κ3) is 2.97. The minimum atomic E-state index is 0.0744. The number of aryl methyl sites for hydroxylation is 2. The Balaban J connectivity index is 2.27. The van der Waals surface area contributed by atoms with Crippen molar-refractivity contribution in [1.82, 2.24) is 0 Å². The number of halogens is 1. The zero-order chi connectivity index (χ0) is 14.0. The molecular formula is C16H25BrN2. The van der Waals surface area contributed by atoms with Crippen LogP contribution in [0.2, 0.25) is 0 Å². The summed E-state index contributed by atoms with van der Waals surface area (Å²) >= 11 is 3.63. The Bertz CT molecular complexity index is 435. The Morgan fingerprint density at radius 1 is 1.32 bits per heavy atom. The van der Waals surface area contributed by atoms with E-state index in [9.17, 15) is 0 Å². The van der Waals surface area contributed by atoms with Gasteiger partial charge in [-0.15, -0.1) is 0 Å². The number of nitrogens with one attached hydrogen (secondary N) is 1. The van der Waals surface area contributed by atoms with Crippen molar-refractivity contribution in [3.05, 3.63) is 27.7 Å². The van der Waals surface area contributed by atoms with Crippen molar-refractivity contribution in [1.29, 1.82) is 0 Å². The number of benzene rings is 1. The monoisotopic (exact) mass is 324 g/mol. The molecule has 1 fully saturated rings. The second kappa shape index (κ2) is 5.84. The van der Waals surface area contributed by atoms with E-state index in [4.69, 9.17) is 5.73 Å². The standard InChI is InChI=1S/C16H25BrN2/c1-11-8-14(9-12(2)15(11)17)19-16(10-18)7-5-4-6-13(16)3/h8-9,13,19H,4-7,10,18H2,1-3H3. The van der Waals surface area contributed by atoms with Crippen LogP contribution in [0.15, 0.2) is 16.6 Å². The number of anilines is 1. The van der Waals surface area contributed by atoms with Gasteiger partial charge in [-0.05, 0) is 55.9 Å². The van der Waals surface area contributed by atoms with E-state index < -0.39 is 0 Å². The first-order chi connectivity index (χ1) is 8.98. The van der Waals surface area contributed by atoms with Gasteiger partial charge in [-0.25, -0.2) is 0 Å². The lowest BCUT2D eigenvalue weighted by molar-refractivity contribution is 0.235. The molecule has 106 valence electrons. The van der Waals surface area contributed by atoms with Gasteiger partial charge in [-0.1, -0.05) is 35.7 Å². The summed E-state index contributed by atoms with van der Waals surface area (Å²) in [5.41, 5.74) is 9.94. The number of rotatable bonds is 3. The minimum absolute atomic E-state index is 0.0744. The van der Waals surface area contributed by atoms with Crippen LogP contribution >= 0.6 is 15.9 Å². The molecule has 0 heterocycles. The molecule has 1 aromatic rings. The van der Waals surface area contributed by atoms with Gasteiger partial charge in [0.15, 0.2) is 0 Å². The van der Waals surface area contributed by atoms with Gasteiger partial charge in [0.1, 0.15) is 0 Å². The van der Waals surface area contributed by atoms with Gasteiger partial charge in [0.2, 0.25) is 0 Å². The van der Waals surface area contributed by atoms with Crippen LogP contribution in [0.1, 0.15) is 43.7 Å². The summed E-state index contributed by atoms with van der Waals surface area (Å²) in [6.07, 6.45) is 5.07. The lowest BCUT2D eigenvalue weighted by Gasteiger charge is -2.43. The topological polar surface area (TPSA) is 38.0 Å². The van der Waals surface area contributed by atoms with E-state index in [2.05, 4.69) is 54.2 Å². The molecule has 1 aliphatic rings. The third-order valence-corrected chi connectivity index (χ3v) is 5.90. The molecule has 0 amide bonds. The van der Waals surface area contributed by atoms with Gasteiger partial charge >= 0.3 is 0 Å². The smallest absolute Gasteiger partial charge is 0.0521 e. The molecule has 2 rings (SSSR count). The molecule has 0 aliphatic heterocycles. The van der Waals surface area contributed by atoms with Gasteiger partial charge in [0.05, 0.1) is 5.54 Å². The number of hydrogen-bond acceptors (Lipinski definition) is 2. The highest BCUT2D eigenvalue weighted by Gasteiger charge is 2.36. The molecule has 2 atom stereocenters. The molecule has 0 spiro atoms. The molecule has 3 heteroatoms. The fourth-order valence-electron chi connectivity index (χ4n) is 3.26. The SMILES string of the molecule is Cc1cc(NC2(CN)CCCCC2C)cc(C)c1Br. The molecule has 0 bridgehead atoms. The summed E-state index contributed by atoms with van der Waals surface area (Å²) in [6, 6.07) is 4.44. The summed E-state index contributed by atoms with van der Waals surface area (Å²) < 4.78 is 1.21. The molecule has 1 saturated carbocycles. The lowest BCUT2D eigenvalue weighted by Crippen LogP contribution is -2.52. The van der Waals surface area contributed by atoms with Crippen LogP contribution in [0.4, 0.5) is 5.69 Å². The maximum absolute atomic E-state index is 6.11. The van der Waals surface area contributed by atoms with E-state index in [1.54, 1.807) is 0 Å². The van der Waals surface area contributed by atoms with Crippen LogP contribution < -0.4 is 11.1 Å². The average Bonchev–Trinajstić information content (AvgIpc) is 2.39. The second-order valence-corrected chi connectivity index (χ2v) is 6.85. The second-order valence-electron chi connectivity index (χ2n) is 6.06. The number of nitrogens with two attached hydrogens (primary N) is 1. The van der Waals surface area contributed by atoms with Crippen LogP contribution in [0.25, 0.3) is 0 Å². The molecule has 0 radical (unpaired) electrons. The molecule has 2 nitrogen and oxygen atoms in total. The van der Waals surface area contributed by atoms with E-state index in [0.717, 1.165) is 0 Å². The van der Waals surface area contributed by atoms with E-state index >= 15 is 0 Å². The van der Waals surface area contributed by atoms with Crippen LogP contribution in [0.3, 0.4) is 0 Å². The Labute approximate surface area is 125 Å². The Morgan fingerprint density at radius 3 is 2.47 bits per heavy atom. The fraction of sp³-hybridized carbons (Fsp3) is 0.625. The van der Waals surface area contributed by atoms with E-state index in [1.165, 1.54) is 47.0 Å². The molecule has 1 aromatic carbocycles. The van der Waals surface area contributed by atoms with Crippen molar-refractivity contribution in [3.8, 4) is 0 Å². The predicted molar refractivity (Wildman–Crippen MR) is 86.7 cm³/mol. The summed E-state index contributed by atoms with van der Waals surface area (Å²) in [5.74, 6) is 0.635. The number of hydrogen-bond donors (Lipinski definition) is 2. The zero-order valence-corrected chi connectivity index (χ0v) is 13.8. The molecule has 1 aliphatic carbocycles. The Kier molecular flexibility index (Phi) is 4.57. The normalized spacial score (nSPS) is 27.3. The Hall–Kier alpha value is -0.540. The van der Waals surface area contributed by atoms with Gasteiger partial charge in [0, 0.05) is 16.7 Å². The molecule has 0 saturated heterocycles. The highest BCUT2D eigenvalue weighted by atomic mass is 79.9. The molecule has 0 aromatic heterocycles. The maximum atomic E-state index is 6.11. The predicted octanol–water partition coefficient (Wildman–Crippen LogP) is 4.39. The van der Waals surface area contributed by atoms with Crippen molar-refractivity contribution in [2.75, 3.05) is 11.9 Å². The molecular weight excluding hydrogens is 300 g/mol. The van der Waals surface area contributed by atoms with Gasteiger partial charge < -0.3 is 11.1 Å². The zero-order valence-electron chi connectivity index (χ0n) is 12.2. The minimum Gasteiger partial charge on any atom is -0.378 e. The highest BCUT2D eigenvalue weighted by Crippen LogP contribution is 2.36. The van der Waals surface area contributed by atoms with Crippen molar-refractivity contribution >= 4 is 21.6 Å². The summed E-state index contributed by atoms with van der Waals surface area (Å²) in [6.45, 7) is 7.32. The molecule has 2 unspecified atom stereocenters. The van der Waals surface area contributed by atoms with Crippen LogP contribution in [0, 0.1) is 19.8 Å². The molecule has 3 N–H and O–H groups in total. The van der Waals surface area contributed by atoms with E-state index in [1.807, 2.05) is 0 Å². The Morgan fingerprint density at radius 2 is 1.95 bits per heavy atom. The summed E-state index contributed by atoms with van der Waals surface area (Å²) in [7, 11) is 0. The molecule has 19 heavy (non-hydrogen) atoms. The summed E-state index contributed by atoms with van der Waals surface area (Å²) in [5, 5.41) is 3.76. The van der Waals surface area contributed by atoms with Gasteiger partial charge in [0.25, 0.3) is 0 Å². The quantitative estimate of drug-likeness (QED) is 0.865. The van der Waals surface area contributed by atoms with Crippen LogP contribution in [0.5, 0.6) is 0 Å². The van der Waals surface area contributed by atoms with Crippen molar-refractivity contribution in [2.24, 2.45) is 11.7 Å². The first kappa shape index (κ1) is 14.9. The van der Waals surface area contributed by atoms with Crippen LogP contribution in [-0.2, 0) is 0 Å². The lowest BCUT2D eigenvalue weighted by atomic mass is 9.73. The van der Waals surface area contributed by atoms with Crippen molar-refractivity contribution < 1.29 is 0 Å². The van der Waals surface area contributed by atoms with Crippen LogP contribution in [-0.4, -0.2) is 12.1 Å². The first-order valence-corrected chi connectivity index (χ1v) is 8.03. The summed E-state index contributed by atoms with van der Waals surface area (Å²) in [4.78, 5) is 0. The fourth-order valence-corrected chi connectivity index (χ4v) is 3.49. The largest absolute Gasteiger partial charge is 0.378 e. The maximum Gasteiger partial charge on any atom is 0.0521 e. The highest BCUT2D eigenvalue weighted by molar-refractivity contribution is 9.10. The van der Waals surface area contributed by atoms with Gasteiger partial charge in [-0.3, -0.25) is 0 Å². The average molecular weight is 325 g/mol. The van der Waals surface area contributed by atoms with E-state index in [0.29, 0.717) is 12.5 Å².